The summed E-state index contributed by atoms with van der Waals surface area (Å²) < 4.78 is 38.0. The molecule has 0 spiro atoms. The normalized spacial score (nSPS) is 19.7. The highest BCUT2D eigenvalue weighted by molar-refractivity contribution is 7.91. The van der Waals surface area contributed by atoms with E-state index in [0.717, 1.165) is 12.8 Å². The fourth-order valence-electron chi connectivity index (χ4n) is 7.59. The number of nitrogens with zero attached hydrogens (tertiary/aromatic N) is 2. The predicted molar refractivity (Wildman–Crippen MR) is 210 cm³/mol. The third kappa shape index (κ3) is 8.58. The Labute approximate surface area is 316 Å². The number of benzene rings is 2. The summed E-state index contributed by atoms with van der Waals surface area (Å²) in [4.78, 5) is 47.7. The highest BCUT2D eigenvalue weighted by Crippen LogP contribution is 2.50. The van der Waals surface area contributed by atoms with E-state index in [1.54, 1.807) is 56.6 Å². The van der Waals surface area contributed by atoms with Crippen LogP contribution in [0.4, 0.5) is 11.5 Å². The second-order valence-corrected chi connectivity index (χ2v) is 18.5. The number of carbonyl (C=O) groups is 2. The molecule has 0 aliphatic heterocycles. The molecule has 2 atom stereocenters. The van der Waals surface area contributed by atoms with Crippen molar-refractivity contribution in [1.82, 2.24) is 19.0 Å². The Morgan fingerprint density at radius 1 is 0.962 bits per heavy atom. The van der Waals surface area contributed by atoms with Crippen molar-refractivity contribution < 1.29 is 22.7 Å². The van der Waals surface area contributed by atoms with Gasteiger partial charge in [0.25, 0.3) is 11.5 Å². The second-order valence-electron chi connectivity index (χ2n) is 16.6. The number of para-hydroxylation sites is 1. The molecule has 1 fully saturated rings. The van der Waals surface area contributed by atoms with Gasteiger partial charge in [0.2, 0.25) is 0 Å². The Hall–Kier alpha value is -4.33. The zero-order valence-electron chi connectivity index (χ0n) is 31.8. The largest absolute Gasteiger partial charge is 0.458 e. The molecule has 1 aliphatic rings. The molecule has 2 aromatic carbocycles. The molecule has 2 heterocycles. The fourth-order valence-corrected chi connectivity index (χ4v) is 8.56. The van der Waals surface area contributed by atoms with E-state index >= 15 is 0 Å². The average Bonchev–Trinajstić information content (AvgIpc) is 3.34. The van der Waals surface area contributed by atoms with Crippen LogP contribution in [-0.2, 0) is 21.5 Å². The van der Waals surface area contributed by atoms with Gasteiger partial charge in [0.15, 0.2) is 0 Å². The Morgan fingerprint density at radius 3 is 2.06 bits per heavy atom. The number of anilines is 2. The number of aromatic nitrogens is 2. The maximum Gasteiger partial charge on any atom is 0.342 e. The molecule has 286 valence electrons. The molecule has 1 amide bonds. The molecule has 12 nitrogen and oxygen atoms in total. The summed E-state index contributed by atoms with van der Waals surface area (Å²) in [6.45, 7) is 15.4. The number of nitrogen functional groups attached to an aromatic ring is 1. The highest BCUT2D eigenvalue weighted by atomic mass is 35.5. The number of H-pyrrole nitrogens is 1. The van der Waals surface area contributed by atoms with Gasteiger partial charge in [0.05, 0.1) is 11.4 Å². The van der Waals surface area contributed by atoms with Crippen molar-refractivity contribution in [2.24, 2.45) is 28.6 Å². The summed E-state index contributed by atoms with van der Waals surface area (Å²) in [7, 11) is -0.877. The van der Waals surface area contributed by atoms with Gasteiger partial charge in [-0.15, -0.1) is 0 Å². The van der Waals surface area contributed by atoms with Gasteiger partial charge >= 0.3 is 16.2 Å². The number of aromatic amines is 1. The number of hydrogen-bond acceptors (Lipinski definition) is 8. The number of fused-ring (bicyclic) bond motifs is 1. The van der Waals surface area contributed by atoms with Crippen LogP contribution in [0.25, 0.3) is 16.8 Å². The van der Waals surface area contributed by atoms with Crippen molar-refractivity contribution >= 4 is 50.8 Å². The smallest absolute Gasteiger partial charge is 0.342 e. The highest BCUT2D eigenvalue weighted by Gasteiger charge is 2.48. The van der Waals surface area contributed by atoms with Crippen LogP contribution in [0.2, 0.25) is 5.02 Å². The minimum Gasteiger partial charge on any atom is -0.458 e. The van der Waals surface area contributed by atoms with Gasteiger partial charge in [-0.2, -0.15) is 8.42 Å². The third-order valence-corrected chi connectivity index (χ3v) is 11.3. The number of esters is 1. The molecule has 14 heteroatoms. The molecule has 0 bridgehead atoms. The van der Waals surface area contributed by atoms with Crippen LogP contribution < -0.4 is 20.7 Å². The Kier molecular flexibility index (Phi) is 11.2. The van der Waals surface area contributed by atoms with E-state index in [0.29, 0.717) is 27.8 Å². The van der Waals surface area contributed by atoms with E-state index in [1.807, 2.05) is 9.62 Å². The molecule has 53 heavy (non-hydrogen) atoms. The number of hydrogen-bond donors (Lipinski definition) is 4. The minimum absolute atomic E-state index is 0.0184. The number of nitrogens with two attached hydrogens (primary N) is 1. The number of amides is 1. The SMILES string of the molecule is CC1CC(C(C)(C)C)C(OC(=O)c2c(-c3ccc(Cl)cc3)c(CN(C)C)n3c(=O)c(C(=O)NS(=O)(=O)Nc4ccccc4)c(N)[nH]c23)C(C(C)(C)C)C1. The summed E-state index contributed by atoms with van der Waals surface area (Å²) in [6, 6.07) is 14.8. The van der Waals surface area contributed by atoms with E-state index in [1.165, 1.54) is 16.5 Å². The van der Waals surface area contributed by atoms with Crippen LogP contribution in [0.15, 0.2) is 59.4 Å². The molecule has 5 N–H and O–H groups in total. The second kappa shape index (κ2) is 14.8. The molecule has 1 aliphatic carbocycles. The molecule has 2 unspecified atom stereocenters. The van der Waals surface area contributed by atoms with Crippen LogP contribution in [-0.4, -0.2) is 54.8 Å². The zero-order valence-corrected chi connectivity index (χ0v) is 33.4. The lowest BCUT2D eigenvalue weighted by molar-refractivity contribution is -0.0922. The molecular weight excluding hydrogens is 716 g/mol. The summed E-state index contributed by atoms with van der Waals surface area (Å²) >= 11 is 6.29. The van der Waals surface area contributed by atoms with Crippen molar-refractivity contribution in [2.45, 2.75) is 74.0 Å². The number of rotatable bonds is 9. The van der Waals surface area contributed by atoms with Gasteiger partial charge in [-0.3, -0.25) is 18.7 Å². The zero-order chi connectivity index (χ0) is 39.2. The van der Waals surface area contributed by atoms with Gasteiger partial charge in [-0.1, -0.05) is 90.4 Å². The van der Waals surface area contributed by atoms with Crippen molar-refractivity contribution in [2.75, 3.05) is 24.6 Å². The molecular formula is C39H51ClN6O6S. The maximum absolute atomic E-state index is 14.9. The van der Waals surface area contributed by atoms with E-state index < -0.39 is 45.1 Å². The summed E-state index contributed by atoms with van der Waals surface area (Å²) in [5, 5.41) is 0.470. The number of halogens is 1. The average molecular weight is 767 g/mol. The predicted octanol–water partition coefficient (Wildman–Crippen LogP) is 6.96. The van der Waals surface area contributed by atoms with Gasteiger partial charge in [0, 0.05) is 29.0 Å². The van der Waals surface area contributed by atoms with E-state index in [-0.39, 0.29) is 46.1 Å². The van der Waals surface area contributed by atoms with E-state index in [4.69, 9.17) is 22.1 Å². The standard InChI is InChI=1S/C39H51ClN6O6S/c1-22-19-26(38(2,3)4)32(27(20-22)39(5,6)7)52-37(49)30-29(23-15-17-24(40)18-16-23)28(21-45(8)9)46-34(30)42-33(41)31(36(46)48)35(47)44-53(50,51)43-25-13-11-10-12-14-25/h10-18,22,26-27,32,42-43H,19-21,41H2,1-9H3,(H,44,47). The summed E-state index contributed by atoms with van der Waals surface area (Å²) in [6.07, 6.45) is 1.32. The lowest BCUT2D eigenvalue weighted by atomic mass is 9.59. The van der Waals surface area contributed by atoms with E-state index in [9.17, 15) is 22.8 Å². The summed E-state index contributed by atoms with van der Waals surface area (Å²) in [5.74, 6) is -1.82. The first-order chi connectivity index (χ1) is 24.6. The Balaban J connectivity index is 1.73. The monoisotopic (exact) mass is 766 g/mol. The lowest BCUT2D eigenvalue weighted by Gasteiger charge is -2.50. The van der Waals surface area contributed by atoms with Crippen molar-refractivity contribution in [1.29, 1.82) is 0 Å². The Morgan fingerprint density at radius 2 is 1.53 bits per heavy atom. The van der Waals surface area contributed by atoms with Crippen LogP contribution in [0.5, 0.6) is 0 Å². The molecule has 1 saturated carbocycles. The van der Waals surface area contributed by atoms with Gasteiger partial charge < -0.3 is 20.4 Å². The minimum atomic E-state index is -4.48. The topological polar surface area (TPSA) is 168 Å². The van der Waals surface area contributed by atoms with Gasteiger partial charge in [0.1, 0.15) is 28.7 Å². The van der Waals surface area contributed by atoms with Gasteiger partial charge in [-0.05, 0) is 73.5 Å². The molecule has 2 aromatic heterocycles. The fraction of sp³-hybridized carbons (Fsp3) is 0.462. The van der Waals surface area contributed by atoms with Crippen molar-refractivity contribution in [3.63, 3.8) is 0 Å². The first-order valence-electron chi connectivity index (χ1n) is 17.7. The molecule has 0 radical (unpaired) electrons. The van der Waals surface area contributed by atoms with E-state index in [2.05, 4.69) is 58.2 Å². The number of carbonyl (C=O) groups excluding carboxylic acids is 2. The van der Waals surface area contributed by atoms with Gasteiger partial charge in [-0.25, -0.2) is 9.52 Å². The van der Waals surface area contributed by atoms with Crippen molar-refractivity contribution in [3.8, 4) is 11.1 Å². The molecule has 4 aromatic rings. The first kappa shape index (κ1) is 39.9. The lowest BCUT2D eigenvalue weighted by Crippen LogP contribution is -2.49. The third-order valence-electron chi connectivity index (χ3n) is 10.1. The van der Waals surface area contributed by atoms with Crippen molar-refractivity contribution in [3.05, 3.63) is 86.8 Å². The van der Waals surface area contributed by atoms with Crippen LogP contribution in [0.1, 0.15) is 87.7 Å². The first-order valence-corrected chi connectivity index (χ1v) is 19.6. The van der Waals surface area contributed by atoms with Crippen LogP contribution >= 0.6 is 11.6 Å². The molecule has 0 saturated heterocycles. The Bertz CT molecular complexity index is 2140. The number of nitrogens with one attached hydrogen (secondary N) is 3. The number of ether oxygens (including phenoxy) is 1. The summed E-state index contributed by atoms with van der Waals surface area (Å²) in [5.41, 5.74) is 6.07. The quantitative estimate of drug-likeness (QED) is 0.133. The molecule has 5 rings (SSSR count). The van der Waals surface area contributed by atoms with Crippen LogP contribution in [0.3, 0.4) is 0 Å². The van der Waals surface area contributed by atoms with Crippen LogP contribution in [0, 0.1) is 28.6 Å². The maximum atomic E-state index is 14.9.